The minimum Gasteiger partial charge on any atom is -0.491 e. The first-order valence-electron chi connectivity index (χ1n) is 9.95. The van der Waals surface area contributed by atoms with E-state index >= 15 is 0 Å². The molecule has 0 radical (unpaired) electrons. The molecule has 1 N–H and O–H groups in total. The summed E-state index contributed by atoms with van der Waals surface area (Å²) < 4.78 is 60.3. The molecule has 1 saturated heterocycles. The molecule has 30 heavy (non-hydrogen) atoms. The van der Waals surface area contributed by atoms with Gasteiger partial charge in [-0.25, -0.2) is 8.93 Å². The van der Waals surface area contributed by atoms with Gasteiger partial charge >= 0.3 is 6.18 Å². The third kappa shape index (κ3) is 6.06. The van der Waals surface area contributed by atoms with E-state index in [9.17, 15) is 17.4 Å². The normalized spacial score (nSPS) is 18.7. The Hall–Kier alpha value is -1.90. The summed E-state index contributed by atoms with van der Waals surface area (Å²) in [5, 5.41) is 0. The lowest BCUT2D eigenvalue weighted by Gasteiger charge is -2.18. The summed E-state index contributed by atoms with van der Waals surface area (Å²) >= 11 is 0. The standard InChI is InChI=1S/C22H27F3N2O2S/c1-15(2)29-20-8-5-17(6-9-20)13-27-11-10-19(14-27)26-30(28)21-12-18(22(23,24)25)7-4-16(21)3/h4-9,12,15,19,26H,10-11,13-14H2,1-3H3. The van der Waals surface area contributed by atoms with Gasteiger partial charge in [-0.05, 0) is 62.6 Å². The van der Waals surface area contributed by atoms with Gasteiger partial charge in [-0.15, -0.1) is 0 Å². The van der Waals surface area contributed by atoms with Crippen molar-refractivity contribution >= 4 is 11.0 Å². The van der Waals surface area contributed by atoms with Gasteiger partial charge < -0.3 is 4.74 Å². The van der Waals surface area contributed by atoms with Crippen LogP contribution in [0.1, 0.15) is 37.0 Å². The van der Waals surface area contributed by atoms with Crippen molar-refractivity contribution in [3.05, 3.63) is 59.2 Å². The first-order chi connectivity index (χ1) is 14.1. The molecule has 2 aromatic rings. The minimum atomic E-state index is -4.45. The van der Waals surface area contributed by atoms with Crippen molar-refractivity contribution in [2.24, 2.45) is 0 Å². The fourth-order valence-corrected chi connectivity index (χ4v) is 4.68. The van der Waals surface area contributed by atoms with Crippen LogP contribution in [0.5, 0.6) is 5.75 Å². The molecule has 0 saturated carbocycles. The van der Waals surface area contributed by atoms with Gasteiger partial charge in [0.05, 0.1) is 16.6 Å². The highest BCUT2D eigenvalue weighted by Gasteiger charge is 2.32. The Morgan fingerprint density at radius 3 is 2.53 bits per heavy atom. The van der Waals surface area contributed by atoms with E-state index in [2.05, 4.69) is 9.62 Å². The summed E-state index contributed by atoms with van der Waals surface area (Å²) in [6.07, 6.45) is -3.53. The van der Waals surface area contributed by atoms with Crippen molar-refractivity contribution < 1.29 is 22.1 Å². The number of rotatable bonds is 7. The van der Waals surface area contributed by atoms with Crippen LogP contribution in [-0.2, 0) is 23.7 Å². The maximum atomic E-state index is 13.0. The van der Waals surface area contributed by atoms with Gasteiger partial charge in [0, 0.05) is 25.7 Å². The number of hydrogen-bond donors (Lipinski definition) is 1. The zero-order chi connectivity index (χ0) is 21.9. The fraction of sp³-hybridized carbons (Fsp3) is 0.455. The second kappa shape index (κ2) is 9.49. The van der Waals surface area contributed by atoms with Gasteiger partial charge in [-0.2, -0.15) is 13.2 Å². The molecule has 2 unspecified atom stereocenters. The molecule has 4 nitrogen and oxygen atoms in total. The molecule has 1 aliphatic rings. The van der Waals surface area contributed by atoms with Gasteiger partial charge in [0.2, 0.25) is 0 Å². The zero-order valence-electron chi connectivity index (χ0n) is 17.3. The molecule has 164 valence electrons. The van der Waals surface area contributed by atoms with E-state index in [1.54, 1.807) is 6.92 Å². The molecule has 1 fully saturated rings. The molecular weight excluding hydrogens is 413 g/mol. The molecule has 2 atom stereocenters. The van der Waals surface area contributed by atoms with Crippen molar-refractivity contribution in [2.45, 2.75) is 57.0 Å². The van der Waals surface area contributed by atoms with Crippen molar-refractivity contribution in [3.8, 4) is 5.75 Å². The van der Waals surface area contributed by atoms with Crippen molar-refractivity contribution in [1.29, 1.82) is 0 Å². The van der Waals surface area contributed by atoms with Crippen LogP contribution in [0.3, 0.4) is 0 Å². The number of nitrogens with zero attached hydrogens (tertiary/aromatic N) is 1. The van der Waals surface area contributed by atoms with Crippen molar-refractivity contribution in [3.63, 3.8) is 0 Å². The molecule has 0 aliphatic carbocycles. The Morgan fingerprint density at radius 2 is 1.90 bits per heavy atom. The van der Waals surface area contributed by atoms with E-state index in [1.807, 2.05) is 38.1 Å². The number of nitrogens with one attached hydrogen (secondary N) is 1. The van der Waals surface area contributed by atoms with E-state index in [1.165, 1.54) is 6.07 Å². The van der Waals surface area contributed by atoms with Crippen molar-refractivity contribution in [2.75, 3.05) is 13.1 Å². The van der Waals surface area contributed by atoms with E-state index < -0.39 is 22.7 Å². The van der Waals surface area contributed by atoms with Gasteiger partial charge in [-0.1, -0.05) is 18.2 Å². The largest absolute Gasteiger partial charge is 0.491 e. The van der Waals surface area contributed by atoms with Crippen LogP contribution in [-0.4, -0.2) is 34.3 Å². The van der Waals surface area contributed by atoms with Gasteiger partial charge in [0.25, 0.3) is 0 Å². The van der Waals surface area contributed by atoms with Crippen LogP contribution >= 0.6 is 0 Å². The lowest BCUT2D eigenvalue weighted by molar-refractivity contribution is -0.137. The third-order valence-corrected chi connectivity index (χ3v) is 6.35. The number of benzene rings is 2. The summed E-state index contributed by atoms with van der Waals surface area (Å²) in [4.78, 5) is 2.43. The molecule has 0 spiro atoms. The average molecular weight is 441 g/mol. The molecule has 0 amide bonds. The topological polar surface area (TPSA) is 41.6 Å². The second-order valence-corrected chi connectivity index (χ2v) is 9.11. The van der Waals surface area contributed by atoms with E-state index in [-0.39, 0.29) is 17.0 Å². The molecule has 1 aliphatic heterocycles. The minimum absolute atomic E-state index is 0.0386. The Bertz CT molecular complexity index is 885. The maximum Gasteiger partial charge on any atom is 0.416 e. The smallest absolute Gasteiger partial charge is 0.416 e. The van der Waals surface area contributed by atoms with Crippen molar-refractivity contribution in [1.82, 2.24) is 9.62 Å². The fourth-order valence-electron chi connectivity index (χ4n) is 3.47. The number of aryl methyl sites for hydroxylation is 1. The quantitative estimate of drug-likeness (QED) is 0.679. The highest BCUT2D eigenvalue weighted by Crippen LogP contribution is 2.31. The predicted octanol–water partition coefficient (Wildman–Crippen LogP) is 4.69. The molecule has 0 aromatic heterocycles. The number of ether oxygens (including phenoxy) is 1. The Labute approximate surface area is 178 Å². The average Bonchev–Trinajstić information content (AvgIpc) is 3.09. The van der Waals surface area contributed by atoms with Gasteiger partial charge in [-0.3, -0.25) is 4.90 Å². The lowest BCUT2D eigenvalue weighted by atomic mass is 10.1. The highest BCUT2D eigenvalue weighted by molar-refractivity contribution is 7.83. The summed E-state index contributed by atoms with van der Waals surface area (Å²) in [6.45, 7) is 7.92. The van der Waals surface area contributed by atoms with Crippen LogP contribution in [0.15, 0.2) is 47.4 Å². The summed E-state index contributed by atoms with van der Waals surface area (Å²) in [6, 6.07) is 11.3. The summed E-state index contributed by atoms with van der Waals surface area (Å²) in [7, 11) is -1.69. The van der Waals surface area contributed by atoms with Crippen LogP contribution in [0.2, 0.25) is 0 Å². The number of likely N-dealkylation sites (tertiary alicyclic amines) is 1. The molecule has 3 rings (SSSR count). The monoisotopic (exact) mass is 440 g/mol. The lowest BCUT2D eigenvalue weighted by Crippen LogP contribution is -2.34. The summed E-state index contributed by atoms with van der Waals surface area (Å²) in [5.74, 6) is 0.835. The first-order valence-corrected chi connectivity index (χ1v) is 11.1. The Balaban J connectivity index is 1.56. The number of alkyl halides is 3. The first kappa shape index (κ1) is 22.8. The Morgan fingerprint density at radius 1 is 1.20 bits per heavy atom. The van der Waals surface area contributed by atoms with Crippen LogP contribution in [0.25, 0.3) is 0 Å². The van der Waals surface area contributed by atoms with E-state index in [0.29, 0.717) is 12.1 Å². The molecular formula is C22H27F3N2O2S. The number of halogens is 3. The molecule has 8 heteroatoms. The van der Waals surface area contributed by atoms with Crippen LogP contribution in [0, 0.1) is 6.92 Å². The van der Waals surface area contributed by atoms with Crippen LogP contribution in [0.4, 0.5) is 13.2 Å². The molecule has 1 heterocycles. The number of hydrogen-bond acceptors (Lipinski definition) is 3. The molecule has 0 bridgehead atoms. The van der Waals surface area contributed by atoms with Gasteiger partial charge in [0.1, 0.15) is 16.7 Å². The summed E-state index contributed by atoms with van der Waals surface area (Å²) in [5.41, 5.74) is 0.949. The zero-order valence-corrected chi connectivity index (χ0v) is 18.1. The second-order valence-electron chi connectivity index (χ2n) is 7.90. The predicted molar refractivity (Wildman–Crippen MR) is 112 cm³/mol. The SMILES string of the molecule is Cc1ccc(C(F)(F)F)cc1S(=O)NC1CCN(Cc2ccc(OC(C)C)cc2)C1. The molecule has 2 aromatic carbocycles. The van der Waals surface area contributed by atoms with E-state index in [0.717, 1.165) is 43.0 Å². The maximum absolute atomic E-state index is 13.0. The van der Waals surface area contributed by atoms with Crippen LogP contribution < -0.4 is 9.46 Å². The highest BCUT2D eigenvalue weighted by atomic mass is 32.2. The van der Waals surface area contributed by atoms with Gasteiger partial charge in [0.15, 0.2) is 0 Å². The van der Waals surface area contributed by atoms with E-state index in [4.69, 9.17) is 4.74 Å². The Kier molecular flexibility index (Phi) is 7.21. The third-order valence-electron chi connectivity index (χ3n) is 4.96.